The summed E-state index contributed by atoms with van der Waals surface area (Å²) in [5, 5.41) is 8.45. The maximum absolute atomic E-state index is 12.0. The van der Waals surface area contributed by atoms with Gasteiger partial charge in [0.25, 0.3) is 11.9 Å². The molecule has 1 aromatic carbocycles. The van der Waals surface area contributed by atoms with Crippen LogP contribution in [0.1, 0.15) is 22.8 Å². The van der Waals surface area contributed by atoms with Crippen LogP contribution in [0.3, 0.4) is 0 Å². The van der Waals surface area contributed by atoms with Crippen molar-refractivity contribution in [2.45, 2.75) is 13.8 Å². The highest BCUT2D eigenvalue weighted by atomic mass is 16.4. The Labute approximate surface area is 149 Å². The molecule has 0 aliphatic rings. The number of aryl methyl sites for hydroxylation is 1. The summed E-state index contributed by atoms with van der Waals surface area (Å²) in [7, 11) is 0. The highest BCUT2D eigenvalue weighted by Gasteiger charge is 2.12. The summed E-state index contributed by atoms with van der Waals surface area (Å²) in [6, 6.07) is 9.86. The van der Waals surface area contributed by atoms with Crippen LogP contribution < -0.4 is 11.5 Å². The van der Waals surface area contributed by atoms with Gasteiger partial charge in [0, 0.05) is 24.7 Å². The number of para-hydroxylation sites is 1. The summed E-state index contributed by atoms with van der Waals surface area (Å²) in [4.78, 5) is 28.9. The highest BCUT2D eigenvalue weighted by molar-refractivity contribution is 6.02. The van der Waals surface area contributed by atoms with E-state index < -0.39 is 11.9 Å². The first-order valence-electron chi connectivity index (χ1n) is 7.65. The van der Waals surface area contributed by atoms with Gasteiger partial charge < -0.3 is 21.1 Å². The van der Waals surface area contributed by atoms with Gasteiger partial charge in [-0.3, -0.25) is 14.6 Å². The van der Waals surface area contributed by atoms with Crippen molar-refractivity contribution in [1.82, 2.24) is 9.55 Å². The molecular weight excluding hydrogens is 334 g/mol. The Morgan fingerprint density at radius 1 is 1.19 bits per heavy atom. The molecule has 3 rings (SSSR count). The van der Waals surface area contributed by atoms with Crippen molar-refractivity contribution >= 4 is 28.7 Å². The number of rotatable bonds is 2. The summed E-state index contributed by atoms with van der Waals surface area (Å²) in [5.74, 6) is -1.53. The highest BCUT2D eigenvalue weighted by Crippen LogP contribution is 2.19. The standard InChI is InChI=1S/C16H15N5O.C2H4O2/c1-10-8-21(9-13(10)15(22)20-16(17)18)12-6-11-4-2-3-5-14(11)19-7-12;1-2(3)4/h2-9H,1H3,(H4,17,18,20,22);1H3,(H,3,4). The molecule has 26 heavy (non-hydrogen) atoms. The van der Waals surface area contributed by atoms with Crippen LogP contribution in [0.2, 0.25) is 0 Å². The van der Waals surface area contributed by atoms with E-state index in [-0.39, 0.29) is 5.96 Å². The van der Waals surface area contributed by atoms with Crippen molar-refractivity contribution in [2.24, 2.45) is 16.5 Å². The molecule has 0 saturated carbocycles. The Kier molecular flexibility index (Phi) is 5.69. The van der Waals surface area contributed by atoms with Gasteiger partial charge in [0.15, 0.2) is 5.96 Å². The monoisotopic (exact) mass is 353 g/mol. The van der Waals surface area contributed by atoms with Crippen LogP contribution in [-0.4, -0.2) is 32.5 Å². The molecule has 0 fully saturated rings. The predicted octanol–water partition coefficient (Wildman–Crippen LogP) is 1.84. The number of carboxylic acid groups (broad SMARTS) is 1. The van der Waals surface area contributed by atoms with Crippen molar-refractivity contribution in [3.8, 4) is 5.69 Å². The maximum atomic E-state index is 12.0. The molecule has 2 aromatic heterocycles. The molecule has 3 aromatic rings. The molecule has 2 heterocycles. The number of amides is 1. The number of carbonyl (C=O) groups excluding carboxylic acids is 1. The van der Waals surface area contributed by atoms with E-state index in [4.69, 9.17) is 21.4 Å². The fraction of sp³-hybridized carbons (Fsp3) is 0.111. The summed E-state index contributed by atoms with van der Waals surface area (Å²) in [6.45, 7) is 2.92. The van der Waals surface area contributed by atoms with Crippen LogP contribution in [0.4, 0.5) is 0 Å². The molecule has 0 aliphatic heterocycles. The predicted molar refractivity (Wildman–Crippen MR) is 99.3 cm³/mol. The number of aromatic nitrogens is 2. The lowest BCUT2D eigenvalue weighted by Gasteiger charge is -2.04. The number of nitrogens with two attached hydrogens (primary N) is 2. The number of aliphatic carboxylic acids is 1. The van der Waals surface area contributed by atoms with E-state index in [9.17, 15) is 4.79 Å². The average Bonchev–Trinajstić information content (AvgIpc) is 2.95. The Hall–Kier alpha value is -3.68. The van der Waals surface area contributed by atoms with Gasteiger partial charge in [-0.1, -0.05) is 18.2 Å². The largest absolute Gasteiger partial charge is 0.481 e. The number of aliphatic imine (C=N–C) groups is 1. The number of hydrogen-bond donors (Lipinski definition) is 3. The van der Waals surface area contributed by atoms with Gasteiger partial charge in [-0.05, 0) is 24.6 Å². The van der Waals surface area contributed by atoms with Crippen molar-refractivity contribution in [2.75, 3.05) is 0 Å². The lowest BCUT2D eigenvalue weighted by Crippen LogP contribution is -2.24. The summed E-state index contributed by atoms with van der Waals surface area (Å²) >= 11 is 0. The number of carboxylic acids is 1. The second-order valence-electron chi connectivity index (χ2n) is 5.51. The molecule has 0 aliphatic carbocycles. The zero-order valence-electron chi connectivity index (χ0n) is 14.4. The van der Waals surface area contributed by atoms with Crippen LogP contribution in [0.25, 0.3) is 16.6 Å². The van der Waals surface area contributed by atoms with Gasteiger partial charge in [0.05, 0.1) is 23.0 Å². The zero-order valence-corrected chi connectivity index (χ0v) is 14.4. The number of fused-ring (bicyclic) bond motifs is 1. The second kappa shape index (κ2) is 7.93. The molecule has 0 saturated heterocycles. The third kappa shape index (κ3) is 4.67. The third-order valence-corrected chi connectivity index (χ3v) is 3.36. The SMILES string of the molecule is CC(=O)O.Cc1cn(-c2cnc3ccccc3c2)cc1C(=O)N=C(N)N. The maximum Gasteiger partial charge on any atom is 0.300 e. The van der Waals surface area contributed by atoms with Crippen molar-refractivity contribution in [1.29, 1.82) is 0 Å². The normalized spacial score (nSPS) is 9.92. The number of guanidine groups is 1. The Balaban J connectivity index is 0.000000552. The van der Waals surface area contributed by atoms with Crippen LogP contribution in [0, 0.1) is 6.92 Å². The van der Waals surface area contributed by atoms with E-state index in [1.807, 2.05) is 48.0 Å². The molecule has 8 nitrogen and oxygen atoms in total. The van der Waals surface area contributed by atoms with Crippen LogP contribution in [-0.2, 0) is 4.79 Å². The van der Waals surface area contributed by atoms with Crippen molar-refractivity contribution in [3.63, 3.8) is 0 Å². The Morgan fingerprint density at radius 3 is 2.50 bits per heavy atom. The van der Waals surface area contributed by atoms with E-state index in [2.05, 4.69) is 9.98 Å². The van der Waals surface area contributed by atoms with Crippen molar-refractivity contribution < 1.29 is 14.7 Å². The minimum absolute atomic E-state index is 0.246. The summed E-state index contributed by atoms with van der Waals surface area (Å²) < 4.78 is 1.84. The van der Waals surface area contributed by atoms with E-state index in [1.54, 1.807) is 12.4 Å². The molecule has 8 heteroatoms. The molecule has 5 N–H and O–H groups in total. The molecule has 0 radical (unpaired) electrons. The minimum Gasteiger partial charge on any atom is -0.481 e. The number of nitrogens with zero attached hydrogens (tertiary/aromatic N) is 3. The summed E-state index contributed by atoms with van der Waals surface area (Å²) in [5.41, 5.74) is 13.5. The number of carbonyl (C=O) groups is 2. The first-order valence-corrected chi connectivity index (χ1v) is 7.65. The smallest absolute Gasteiger partial charge is 0.300 e. The van der Waals surface area contributed by atoms with Gasteiger partial charge in [0.2, 0.25) is 0 Å². The molecule has 0 spiro atoms. The Morgan fingerprint density at radius 2 is 1.85 bits per heavy atom. The van der Waals surface area contributed by atoms with Gasteiger partial charge in [0.1, 0.15) is 0 Å². The van der Waals surface area contributed by atoms with Gasteiger partial charge >= 0.3 is 0 Å². The molecule has 0 bridgehead atoms. The van der Waals surface area contributed by atoms with E-state index in [0.29, 0.717) is 5.56 Å². The zero-order chi connectivity index (χ0) is 19.3. The van der Waals surface area contributed by atoms with Crippen LogP contribution in [0.5, 0.6) is 0 Å². The quantitative estimate of drug-likeness (QED) is 0.475. The van der Waals surface area contributed by atoms with Gasteiger partial charge in [-0.2, -0.15) is 4.99 Å². The fourth-order valence-corrected chi connectivity index (χ4v) is 2.31. The first kappa shape index (κ1) is 18.7. The molecular formula is C18H19N5O3. The minimum atomic E-state index is -0.833. The van der Waals surface area contributed by atoms with E-state index >= 15 is 0 Å². The Bertz CT molecular complexity index is 983. The molecule has 0 unspecified atom stereocenters. The molecule has 1 amide bonds. The van der Waals surface area contributed by atoms with E-state index in [1.165, 1.54) is 0 Å². The van der Waals surface area contributed by atoms with Gasteiger partial charge in [-0.25, -0.2) is 0 Å². The lowest BCUT2D eigenvalue weighted by atomic mass is 10.2. The first-order chi connectivity index (χ1) is 12.3. The lowest BCUT2D eigenvalue weighted by molar-refractivity contribution is -0.134. The number of pyridine rings is 1. The number of hydrogen-bond acceptors (Lipinski definition) is 3. The average molecular weight is 353 g/mol. The second-order valence-corrected chi connectivity index (χ2v) is 5.51. The summed E-state index contributed by atoms with van der Waals surface area (Å²) in [6.07, 6.45) is 5.31. The van der Waals surface area contributed by atoms with Gasteiger partial charge in [-0.15, -0.1) is 0 Å². The van der Waals surface area contributed by atoms with Crippen LogP contribution >= 0.6 is 0 Å². The molecule has 134 valence electrons. The number of benzene rings is 1. The molecule has 0 atom stereocenters. The van der Waals surface area contributed by atoms with E-state index in [0.717, 1.165) is 29.1 Å². The van der Waals surface area contributed by atoms with Crippen molar-refractivity contribution in [3.05, 3.63) is 60.0 Å². The third-order valence-electron chi connectivity index (χ3n) is 3.36. The fourth-order valence-electron chi connectivity index (χ4n) is 2.31. The topological polar surface area (TPSA) is 137 Å². The van der Waals surface area contributed by atoms with Crippen LogP contribution in [0.15, 0.2) is 53.9 Å².